The number of carbonyl (C=O) groups is 2. The van der Waals surface area contributed by atoms with Crippen molar-refractivity contribution >= 4 is 49.4 Å². The van der Waals surface area contributed by atoms with Gasteiger partial charge >= 0.3 is 10.6 Å². The molecule has 0 saturated carbocycles. The van der Waals surface area contributed by atoms with E-state index in [1.807, 2.05) is 18.2 Å². The maximum Gasteiger partial charge on any atom is 0.393 e. The number of benzene rings is 1. The van der Waals surface area contributed by atoms with E-state index in [2.05, 4.69) is 16.9 Å². The second kappa shape index (κ2) is 11.1. The number of pyridine rings is 1. The monoisotopic (exact) mass is 534 g/mol. The Bertz CT molecular complexity index is 1270. The average Bonchev–Trinajstić information content (AvgIpc) is 3.42. The number of carboxylic acid groups (broad SMARTS) is 2. The number of halogens is 1. The van der Waals surface area contributed by atoms with Crippen LogP contribution in [0.15, 0.2) is 53.3 Å². The summed E-state index contributed by atoms with van der Waals surface area (Å²) < 4.78 is 14.2. The van der Waals surface area contributed by atoms with E-state index < -0.39 is 21.0 Å². The molecule has 0 fully saturated rings. The number of nitrogens with zero attached hydrogens (tertiary/aromatic N) is 4. The number of ether oxygens (including phenoxy) is 1. The minimum absolute atomic E-state index is 0.146. The van der Waals surface area contributed by atoms with Crippen LogP contribution in [-0.4, -0.2) is 48.2 Å². The van der Waals surface area contributed by atoms with E-state index in [9.17, 15) is 19.8 Å². The summed E-state index contributed by atoms with van der Waals surface area (Å²) in [4.78, 5) is 33.0. The lowest BCUT2D eigenvalue weighted by atomic mass is 10.2. The fourth-order valence-corrected chi connectivity index (χ4v) is 6.50. The van der Waals surface area contributed by atoms with Crippen molar-refractivity contribution in [3.63, 3.8) is 0 Å². The predicted octanol–water partition coefficient (Wildman–Crippen LogP) is 6.66. The normalized spacial score (nSPS) is 15.4. The SMILES string of the molecule is CCCc1nc2ccc(OCCCCCN3C=CN(c4ccnc(Cl)c4)S3(C(=O)O)C(=O)O)cc2o1. The van der Waals surface area contributed by atoms with Crippen molar-refractivity contribution in [1.29, 1.82) is 0 Å². The van der Waals surface area contributed by atoms with Gasteiger partial charge in [-0.25, -0.2) is 19.6 Å². The summed E-state index contributed by atoms with van der Waals surface area (Å²) in [5, 5.41) is 17.4. The molecule has 3 heterocycles. The highest BCUT2D eigenvalue weighted by Crippen LogP contribution is 2.61. The Labute approximate surface area is 214 Å². The van der Waals surface area contributed by atoms with Crippen LogP contribution in [0.1, 0.15) is 38.5 Å². The molecule has 192 valence electrons. The Morgan fingerprint density at radius 2 is 1.92 bits per heavy atom. The number of rotatable bonds is 10. The molecule has 1 aliphatic rings. The standard InChI is InChI=1S/C24H27ClN4O6S/c1-2-6-22-27-19-8-7-18(16-20(19)35-22)34-14-5-3-4-11-28-12-13-29(17-9-10-26-21(25)15-17)36(28,23(30)31)24(32)33/h7-10,12-13,15-16H,2-6,11,14H2,1H3,(H,30,31)(H,32,33). The van der Waals surface area contributed by atoms with Crippen molar-refractivity contribution in [2.45, 2.75) is 39.0 Å². The maximum absolute atomic E-state index is 12.3. The molecule has 12 heteroatoms. The highest BCUT2D eigenvalue weighted by Gasteiger charge is 2.53. The van der Waals surface area contributed by atoms with Gasteiger partial charge in [-0.1, -0.05) is 18.5 Å². The van der Waals surface area contributed by atoms with E-state index in [-0.39, 0.29) is 11.7 Å². The molecule has 4 rings (SSSR count). The fourth-order valence-electron chi connectivity index (χ4n) is 3.94. The Balaban J connectivity index is 1.32. The molecule has 10 nitrogen and oxygen atoms in total. The lowest BCUT2D eigenvalue weighted by Gasteiger charge is -2.42. The number of unbranched alkanes of at least 4 members (excludes halogenated alkanes) is 2. The van der Waals surface area contributed by atoms with Crippen LogP contribution in [0.2, 0.25) is 5.15 Å². The molecule has 36 heavy (non-hydrogen) atoms. The molecular formula is C24H27ClN4O6S. The molecular weight excluding hydrogens is 508 g/mol. The van der Waals surface area contributed by atoms with Crippen LogP contribution < -0.4 is 9.04 Å². The second-order valence-electron chi connectivity index (χ2n) is 8.08. The van der Waals surface area contributed by atoms with Gasteiger partial charge in [0.05, 0.1) is 12.3 Å². The van der Waals surface area contributed by atoms with E-state index in [1.54, 1.807) is 0 Å². The zero-order valence-electron chi connectivity index (χ0n) is 19.7. The highest BCUT2D eigenvalue weighted by atomic mass is 35.5. The molecule has 0 atom stereocenters. The molecule has 0 saturated heterocycles. The number of hydrogen-bond acceptors (Lipinski definition) is 8. The molecule has 2 aromatic heterocycles. The second-order valence-corrected chi connectivity index (χ2v) is 11.1. The minimum atomic E-state index is -3.45. The van der Waals surface area contributed by atoms with Gasteiger partial charge in [0.15, 0.2) is 11.5 Å². The Morgan fingerprint density at radius 3 is 2.64 bits per heavy atom. The van der Waals surface area contributed by atoms with E-state index in [0.29, 0.717) is 35.9 Å². The summed E-state index contributed by atoms with van der Waals surface area (Å²) >= 11 is 5.95. The Morgan fingerprint density at radius 1 is 1.11 bits per heavy atom. The van der Waals surface area contributed by atoms with Gasteiger partial charge in [-0.2, -0.15) is 0 Å². The molecule has 0 unspecified atom stereocenters. The van der Waals surface area contributed by atoms with Gasteiger partial charge in [0.1, 0.15) is 26.8 Å². The molecule has 2 N–H and O–H groups in total. The van der Waals surface area contributed by atoms with Gasteiger partial charge in [0.2, 0.25) is 0 Å². The van der Waals surface area contributed by atoms with Crippen molar-refractivity contribution in [2.24, 2.45) is 0 Å². The largest absolute Gasteiger partial charge is 0.493 e. The van der Waals surface area contributed by atoms with E-state index >= 15 is 0 Å². The van der Waals surface area contributed by atoms with E-state index in [4.69, 9.17) is 20.8 Å². The van der Waals surface area contributed by atoms with Crippen LogP contribution in [0.4, 0.5) is 15.3 Å². The van der Waals surface area contributed by atoms with Gasteiger partial charge in [0, 0.05) is 43.7 Å². The van der Waals surface area contributed by atoms with Crippen LogP contribution in [0, 0.1) is 0 Å². The van der Waals surface area contributed by atoms with Crippen LogP contribution in [-0.2, 0) is 6.42 Å². The van der Waals surface area contributed by atoms with Crippen molar-refractivity contribution in [3.8, 4) is 5.75 Å². The maximum atomic E-state index is 12.3. The van der Waals surface area contributed by atoms with Crippen molar-refractivity contribution in [1.82, 2.24) is 14.3 Å². The van der Waals surface area contributed by atoms with Gasteiger partial charge in [-0.15, -0.1) is 0 Å². The first kappa shape index (κ1) is 25.6. The summed E-state index contributed by atoms with van der Waals surface area (Å²) in [7, 11) is -3.45. The van der Waals surface area contributed by atoms with Gasteiger partial charge in [-0.3, -0.25) is 4.31 Å². The first-order valence-corrected chi connectivity index (χ1v) is 13.5. The highest BCUT2D eigenvalue weighted by molar-refractivity contribution is 8.54. The van der Waals surface area contributed by atoms with Crippen molar-refractivity contribution < 1.29 is 29.0 Å². The molecule has 0 radical (unpaired) electrons. The summed E-state index contributed by atoms with van der Waals surface area (Å²) in [5.74, 6) is 1.41. The van der Waals surface area contributed by atoms with Crippen LogP contribution in [0.5, 0.6) is 5.75 Å². The summed E-state index contributed by atoms with van der Waals surface area (Å²) in [6.45, 7) is 2.81. The number of anilines is 1. The average molecular weight is 535 g/mol. The number of fused-ring (bicyclic) bond motifs is 1. The van der Waals surface area contributed by atoms with Crippen LogP contribution >= 0.6 is 22.0 Å². The molecule has 3 aromatic rings. The lowest BCUT2D eigenvalue weighted by Crippen LogP contribution is -2.39. The van der Waals surface area contributed by atoms with Crippen molar-refractivity contribution in [3.05, 3.63) is 60.0 Å². The Hall–Kier alpha value is -3.44. The number of aryl methyl sites for hydroxylation is 1. The molecule has 0 bridgehead atoms. The topological polar surface area (TPSA) is 129 Å². The Kier molecular flexibility index (Phi) is 7.90. The zero-order valence-corrected chi connectivity index (χ0v) is 21.2. The lowest BCUT2D eigenvalue weighted by molar-refractivity contribution is 0.213. The third-order valence-electron chi connectivity index (χ3n) is 5.60. The van der Waals surface area contributed by atoms with Crippen LogP contribution in [0.3, 0.4) is 0 Å². The number of hydrogen-bond donors (Lipinski definition) is 2. The van der Waals surface area contributed by atoms with E-state index in [1.165, 1.54) is 39.3 Å². The predicted molar refractivity (Wildman–Crippen MR) is 139 cm³/mol. The third kappa shape index (κ3) is 5.07. The molecule has 0 spiro atoms. The zero-order chi connectivity index (χ0) is 25.7. The molecule has 1 aliphatic heterocycles. The third-order valence-corrected chi connectivity index (χ3v) is 8.67. The van der Waals surface area contributed by atoms with Gasteiger partial charge in [0.25, 0.3) is 0 Å². The molecule has 0 amide bonds. The minimum Gasteiger partial charge on any atom is -0.493 e. The first-order valence-electron chi connectivity index (χ1n) is 11.5. The van der Waals surface area contributed by atoms with Crippen LogP contribution in [0.25, 0.3) is 11.1 Å². The van der Waals surface area contributed by atoms with Gasteiger partial charge < -0.3 is 23.7 Å². The summed E-state index contributed by atoms with van der Waals surface area (Å²) in [6.07, 6.45) is 8.19. The fraction of sp³-hybridized carbons (Fsp3) is 0.333. The van der Waals surface area contributed by atoms with Gasteiger partial charge in [-0.05, 0) is 43.9 Å². The van der Waals surface area contributed by atoms with Crippen molar-refractivity contribution in [2.75, 3.05) is 17.5 Å². The first-order chi connectivity index (χ1) is 17.4. The van der Waals surface area contributed by atoms with E-state index in [0.717, 1.165) is 31.2 Å². The molecule has 1 aromatic carbocycles. The number of aromatic nitrogens is 2. The molecule has 0 aliphatic carbocycles. The summed E-state index contributed by atoms with van der Waals surface area (Å²) in [6, 6.07) is 8.53. The summed E-state index contributed by atoms with van der Waals surface area (Å²) in [5.41, 5.74) is 1.85. The number of oxazole rings is 1. The quantitative estimate of drug-likeness (QED) is 0.215. The smallest absolute Gasteiger partial charge is 0.393 e.